The van der Waals surface area contributed by atoms with E-state index in [1.807, 2.05) is 6.92 Å². The fraction of sp³-hybridized carbons (Fsp3) is 0.400. The van der Waals surface area contributed by atoms with Gasteiger partial charge in [0.2, 0.25) is 0 Å². The molecule has 1 fully saturated rings. The summed E-state index contributed by atoms with van der Waals surface area (Å²) in [6.45, 7) is 6.46. The van der Waals surface area contributed by atoms with Crippen LogP contribution in [0.4, 0.5) is 5.82 Å². The highest BCUT2D eigenvalue weighted by atomic mass is 14.9. The number of nitriles is 1. The molecule has 1 unspecified atom stereocenters. The minimum atomic E-state index is 0.267. The number of hydrogen-bond donors (Lipinski definition) is 2. The zero-order valence-corrected chi connectivity index (χ0v) is 11.9. The van der Waals surface area contributed by atoms with Crippen molar-refractivity contribution in [3.05, 3.63) is 29.3 Å². The number of hydrogen-bond acceptors (Lipinski definition) is 4. The van der Waals surface area contributed by atoms with Gasteiger partial charge in [0, 0.05) is 11.5 Å². The summed E-state index contributed by atoms with van der Waals surface area (Å²) >= 11 is 0. The van der Waals surface area contributed by atoms with E-state index >= 15 is 0 Å². The van der Waals surface area contributed by atoms with E-state index in [0.717, 1.165) is 28.9 Å². The summed E-state index contributed by atoms with van der Waals surface area (Å²) in [4.78, 5) is 11.6. The van der Waals surface area contributed by atoms with Crippen LogP contribution in [0.1, 0.15) is 43.0 Å². The topological polar surface area (TPSA) is 91.4 Å². The van der Waals surface area contributed by atoms with Crippen LogP contribution >= 0.6 is 0 Å². The fourth-order valence-corrected chi connectivity index (χ4v) is 2.83. The standard InChI is InChI=1S/C15H17N5/c1-8-12(11-6-18-7-19-11)9(5-16)14(17)20-13(8)10-4-15(10,2)3/h6-7,10H,4H2,1-3H3,(H2,17,20)(H,18,19). The van der Waals surface area contributed by atoms with Crippen molar-refractivity contribution in [2.24, 2.45) is 5.41 Å². The molecule has 2 aromatic heterocycles. The van der Waals surface area contributed by atoms with Crippen LogP contribution in [0, 0.1) is 23.7 Å². The Hall–Kier alpha value is -2.35. The van der Waals surface area contributed by atoms with Gasteiger partial charge in [-0.2, -0.15) is 5.26 Å². The molecule has 20 heavy (non-hydrogen) atoms. The van der Waals surface area contributed by atoms with Gasteiger partial charge in [-0.05, 0) is 24.3 Å². The summed E-state index contributed by atoms with van der Waals surface area (Å²) in [5.74, 6) is 0.722. The van der Waals surface area contributed by atoms with Crippen LogP contribution in [-0.4, -0.2) is 15.0 Å². The van der Waals surface area contributed by atoms with E-state index in [1.165, 1.54) is 0 Å². The third-order valence-electron chi connectivity index (χ3n) is 4.23. The lowest BCUT2D eigenvalue weighted by Gasteiger charge is -2.14. The maximum Gasteiger partial charge on any atom is 0.142 e. The van der Waals surface area contributed by atoms with Gasteiger partial charge in [0.15, 0.2) is 0 Å². The number of nitrogens with one attached hydrogen (secondary N) is 1. The molecule has 5 nitrogen and oxygen atoms in total. The lowest BCUT2D eigenvalue weighted by molar-refractivity contribution is 0.615. The smallest absolute Gasteiger partial charge is 0.142 e. The van der Waals surface area contributed by atoms with Crippen LogP contribution in [0.25, 0.3) is 11.3 Å². The van der Waals surface area contributed by atoms with Gasteiger partial charge in [-0.1, -0.05) is 13.8 Å². The number of nitrogens with two attached hydrogens (primary N) is 1. The van der Waals surface area contributed by atoms with Gasteiger partial charge in [0.1, 0.15) is 17.5 Å². The molecule has 0 amide bonds. The first kappa shape index (κ1) is 12.7. The molecule has 1 saturated carbocycles. The Bertz CT molecular complexity index is 707. The quantitative estimate of drug-likeness (QED) is 0.875. The van der Waals surface area contributed by atoms with Gasteiger partial charge in [0.25, 0.3) is 0 Å². The van der Waals surface area contributed by atoms with Crippen molar-refractivity contribution >= 4 is 5.82 Å². The van der Waals surface area contributed by atoms with Gasteiger partial charge >= 0.3 is 0 Å². The first-order valence-electron chi connectivity index (χ1n) is 6.64. The number of nitrogen functional groups attached to an aromatic ring is 1. The van der Waals surface area contributed by atoms with Crippen molar-refractivity contribution < 1.29 is 0 Å². The predicted molar refractivity (Wildman–Crippen MR) is 76.8 cm³/mol. The van der Waals surface area contributed by atoms with Crippen molar-refractivity contribution in [1.82, 2.24) is 15.0 Å². The van der Waals surface area contributed by atoms with Crippen molar-refractivity contribution in [3.63, 3.8) is 0 Å². The van der Waals surface area contributed by atoms with Gasteiger partial charge in [-0.3, -0.25) is 0 Å². The van der Waals surface area contributed by atoms with Crippen LogP contribution < -0.4 is 5.73 Å². The Morgan fingerprint density at radius 1 is 1.50 bits per heavy atom. The Kier molecular flexibility index (Phi) is 2.58. The van der Waals surface area contributed by atoms with Gasteiger partial charge in [0.05, 0.1) is 23.9 Å². The minimum absolute atomic E-state index is 0.267. The van der Waals surface area contributed by atoms with Crippen molar-refractivity contribution in [1.29, 1.82) is 5.26 Å². The summed E-state index contributed by atoms with van der Waals surface area (Å²) in [5.41, 5.74) is 10.4. The Balaban J connectivity index is 2.24. The Morgan fingerprint density at radius 3 is 2.70 bits per heavy atom. The Morgan fingerprint density at radius 2 is 2.20 bits per heavy atom. The third kappa shape index (κ3) is 1.76. The lowest BCUT2D eigenvalue weighted by Crippen LogP contribution is -2.06. The van der Waals surface area contributed by atoms with Gasteiger partial charge < -0.3 is 10.7 Å². The predicted octanol–water partition coefficient (Wildman–Crippen LogP) is 2.75. The normalized spacial score (nSPS) is 19.6. The molecule has 0 bridgehead atoms. The third-order valence-corrected chi connectivity index (χ3v) is 4.23. The second-order valence-corrected chi connectivity index (χ2v) is 6.08. The number of aromatic nitrogens is 3. The summed E-state index contributed by atoms with van der Waals surface area (Å²) in [6.07, 6.45) is 4.42. The Labute approximate surface area is 117 Å². The molecular weight excluding hydrogens is 250 g/mol. The molecule has 0 spiro atoms. The lowest BCUT2D eigenvalue weighted by atomic mass is 9.95. The van der Waals surface area contributed by atoms with Crippen LogP contribution in [0.5, 0.6) is 0 Å². The zero-order valence-electron chi connectivity index (χ0n) is 11.9. The molecule has 0 aliphatic heterocycles. The molecule has 0 aromatic carbocycles. The van der Waals surface area contributed by atoms with E-state index in [0.29, 0.717) is 17.3 Å². The van der Waals surface area contributed by atoms with E-state index in [4.69, 9.17) is 5.73 Å². The van der Waals surface area contributed by atoms with Crippen LogP contribution in [-0.2, 0) is 0 Å². The molecule has 3 N–H and O–H groups in total. The molecular formula is C15H17N5. The average Bonchev–Trinajstić information content (AvgIpc) is 2.80. The number of H-pyrrole nitrogens is 1. The molecule has 1 aliphatic carbocycles. The summed E-state index contributed by atoms with van der Waals surface area (Å²) in [7, 11) is 0. The number of aromatic amines is 1. The molecule has 102 valence electrons. The maximum atomic E-state index is 9.37. The van der Waals surface area contributed by atoms with E-state index in [9.17, 15) is 5.26 Å². The number of anilines is 1. The highest BCUT2D eigenvalue weighted by Gasteiger charge is 2.48. The average molecular weight is 267 g/mol. The monoisotopic (exact) mass is 267 g/mol. The van der Waals surface area contributed by atoms with Crippen LogP contribution in [0.15, 0.2) is 12.5 Å². The van der Waals surface area contributed by atoms with Crippen LogP contribution in [0.2, 0.25) is 0 Å². The molecule has 0 radical (unpaired) electrons. The molecule has 1 aliphatic rings. The molecule has 5 heteroatoms. The summed E-state index contributed by atoms with van der Waals surface area (Å²) in [5, 5.41) is 9.37. The molecule has 3 rings (SSSR count). The van der Waals surface area contributed by atoms with Gasteiger partial charge in [-0.15, -0.1) is 0 Å². The SMILES string of the molecule is Cc1c(C2CC2(C)C)nc(N)c(C#N)c1-c1cnc[nH]1. The number of imidazole rings is 1. The summed E-state index contributed by atoms with van der Waals surface area (Å²) in [6, 6.07) is 2.16. The second kappa shape index (κ2) is 4.07. The van der Waals surface area contributed by atoms with Crippen molar-refractivity contribution in [2.75, 3.05) is 5.73 Å². The highest BCUT2D eigenvalue weighted by Crippen LogP contribution is 2.59. The largest absolute Gasteiger partial charge is 0.383 e. The number of pyridine rings is 1. The first-order valence-corrected chi connectivity index (χ1v) is 6.64. The fourth-order valence-electron chi connectivity index (χ4n) is 2.83. The van der Waals surface area contributed by atoms with E-state index < -0.39 is 0 Å². The van der Waals surface area contributed by atoms with E-state index in [1.54, 1.807) is 12.5 Å². The summed E-state index contributed by atoms with van der Waals surface area (Å²) < 4.78 is 0. The van der Waals surface area contributed by atoms with E-state index in [-0.39, 0.29) is 5.41 Å². The first-order chi connectivity index (χ1) is 9.45. The minimum Gasteiger partial charge on any atom is -0.383 e. The van der Waals surface area contributed by atoms with Crippen molar-refractivity contribution in [3.8, 4) is 17.3 Å². The molecule has 1 atom stereocenters. The van der Waals surface area contributed by atoms with Gasteiger partial charge in [-0.25, -0.2) is 9.97 Å². The van der Waals surface area contributed by atoms with Crippen LogP contribution in [0.3, 0.4) is 0 Å². The number of rotatable bonds is 2. The van der Waals surface area contributed by atoms with Crippen molar-refractivity contribution in [2.45, 2.75) is 33.1 Å². The number of nitrogens with zero attached hydrogens (tertiary/aromatic N) is 3. The molecule has 2 heterocycles. The zero-order chi connectivity index (χ0) is 14.5. The maximum absolute atomic E-state index is 9.37. The highest BCUT2D eigenvalue weighted by molar-refractivity contribution is 5.76. The molecule has 2 aromatic rings. The molecule has 0 saturated heterocycles. The van der Waals surface area contributed by atoms with E-state index in [2.05, 4.69) is 34.9 Å². The second-order valence-electron chi connectivity index (χ2n) is 6.08.